The summed E-state index contributed by atoms with van der Waals surface area (Å²) in [6.07, 6.45) is 1.65. The van der Waals surface area contributed by atoms with E-state index in [4.69, 9.17) is 0 Å². The fourth-order valence-electron chi connectivity index (χ4n) is 2.54. The molecule has 0 atom stereocenters. The Balaban J connectivity index is 2.43. The van der Waals surface area contributed by atoms with Crippen molar-refractivity contribution in [2.75, 3.05) is 5.43 Å². The molecule has 0 aliphatic carbocycles. The molecular formula is C19H27N5O2. The normalized spacial score (nSPS) is 12.6. The predicted octanol–water partition coefficient (Wildman–Crippen LogP) is 3.22. The van der Waals surface area contributed by atoms with Crippen molar-refractivity contribution in [2.45, 2.75) is 59.3 Å². The summed E-state index contributed by atoms with van der Waals surface area (Å²) in [5.41, 5.74) is 4.89. The molecule has 2 rings (SSSR count). The lowest BCUT2D eigenvalue weighted by Gasteiger charge is -2.27. The van der Waals surface area contributed by atoms with Gasteiger partial charge in [-0.1, -0.05) is 41.5 Å². The average Bonchev–Trinajstić information content (AvgIpc) is 2.49. The zero-order chi connectivity index (χ0) is 19.7. The van der Waals surface area contributed by atoms with Crippen LogP contribution in [0, 0.1) is 6.92 Å². The van der Waals surface area contributed by atoms with Gasteiger partial charge in [0, 0.05) is 11.1 Å². The van der Waals surface area contributed by atoms with Crippen molar-refractivity contribution in [1.29, 1.82) is 0 Å². The lowest BCUT2D eigenvalue weighted by molar-refractivity contribution is 0.423. The summed E-state index contributed by atoms with van der Waals surface area (Å²) in [6, 6.07) is 3.85. The van der Waals surface area contributed by atoms with E-state index < -0.39 is 5.69 Å². The lowest BCUT2D eigenvalue weighted by Crippen LogP contribution is -2.18. The second-order valence-electron chi connectivity index (χ2n) is 8.41. The number of hydrazone groups is 1. The van der Waals surface area contributed by atoms with Crippen molar-refractivity contribution in [1.82, 2.24) is 15.2 Å². The number of benzene rings is 1. The zero-order valence-electron chi connectivity index (χ0n) is 16.4. The fraction of sp³-hybridized carbons (Fsp3) is 0.474. The highest BCUT2D eigenvalue weighted by atomic mass is 16.3. The van der Waals surface area contributed by atoms with Crippen LogP contribution in [0.25, 0.3) is 0 Å². The molecule has 0 unspecified atom stereocenters. The summed E-state index contributed by atoms with van der Waals surface area (Å²) in [7, 11) is 0. The van der Waals surface area contributed by atoms with Gasteiger partial charge in [0.15, 0.2) is 5.82 Å². The third-order valence-corrected chi connectivity index (χ3v) is 4.01. The molecule has 0 radical (unpaired) electrons. The highest BCUT2D eigenvalue weighted by molar-refractivity contribution is 5.82. The SMILES string of the molecule is Cc1n[nH]c(=O)nc1N/N=C/c1cc(C(C)(C)C)c(O)c(C(C)(C)C)c1. The van der Waals surface area contributed by atoms with E-state index in [0.29, 0.717) is 17.3 Å². The molecule has 0 amide bonds. The summed E-state index contributed by atoms with van der Waals surface area (Å²) < 4.78 is 0. The third kappa shape index (κ3) is 4.47. The number of H-pyrrole nitrogens is 1. The van der Waals surface area contributed by atoms with Crippen LogP contribution >= 0.6 is 0 Å². The number of aromatic amines is 1. The van der Waals surface area contributed by atoms with Crippen molar-refractivity contribution in [3.63, 3.8) is 0 Å². The Hall–Kier alpha value is -2.70. The maximum absolute atomic E-state index is 11.3. The summed E-state index contributed by atoms with van der Waals surface area (Å²) in [5, 5.41) is 21.0. The molecule has 26 heavy (non-hydrogen) atoms. The number of aryl methyl sites for hydroxylation is 1. The van der Waals surface area contributed by atoms with E-state index >= 15 is 0 Å². The van der Waals surface area contributed by atoms with E-state index in [1.165, 1.54) is 0 Å². The van der Waals surface area contributed by atoms with Crippen LogP contribution in [-0.2, 0) is 10.8 Å². The first kappa shape index (κ1) is 19.6. The number of aromatic nitrogens is 3. The maximum Gasteiger partial charge on any atom is 0.363 e. The summed E-state index contributed by atoms with van der Waals surface area (Å²) in [4.78, 5) is 15.1. The Kier molecular flexibility index (Phi) is 5.21. The third-order valence-electron chi connectivity index (χ3n) is 4.01. The van der Waals surface area contributed by atoms with Crippen LogP contribution < -0.4 is 11.1 Å². The van der Waals surface area contributed by atoms with Crippen LogP contribution in [0.3, 0.4) is 0 Å². The molecule has 2 aromatic rings. The molecule has 0 aliphatic heterocycles. The minimum absolute atomic E-state index is 0.212. The number of rotatable bonds is 3. The molecule has 0 bridgehead atoms. The molecule has 1 aromatic carbocycles. The molecule has 140 valence electrons. The summed E-state index contributed by atoms with van der Waals surface area (Å²) in [5.74, 6) is 0.627. The minimum atomic E-state index is -0.539. The van der Waals surface area contributed by atoms with Crippen LogP contribution in [0.2, 0.25) is 0 Å². The van der Waals surface area contributed by atoms with Crippen LogP contribution in [0.1, 0.15) is 63.9 Å². The van der Waals surface area contributed by atoms with E-state index in [1.54, 1.807) is 13.1 Å². The second-order valence-corrected chi connectivity index (χ2v) is 8.41. The van der Waals surface area contributed by atoms with Gasteiger partial charge in [0.05, 0.1) is 6.21 Å². The Labute approximate surface area is 153 Å². The van der Waals surface area contributed by atoms with Crippen molar-refractivity contribution in [3.05, 3.63) is 45.0 Å². The molecule has 0 aliphatic rings. The van der Waals surface area contributed by atoms with Crippen LogP contribution in [0.4, 0.5) is 5.82 Å². The van der Waals surface area contributed by atoms with E-state index in [0.717, 1.165) is 16.7 Å². The first-order valence-corrected chi connectivity index (χ1v) is 8.50. The molecule has 0 saturated carbocycles. The van der Waals surface area contributed by atoms with E-state index in [9.17, 15) is 9.90 Å². The molecule has 7 heteroatoms. The van der Waals surface area contributed by atoms with Gasteiger partial charge in [0.2, 0.25) is 0 Å². The number of phenols is 1. The van der Waals surface area contributed by atoms with E-state index in [1.807, 2.05) is 12.1 Å². The molecule has 7 nitrogen and oxygen atoms in total. The highest BCUT2D eigenvalue weighted by Gasteiger charge is 2.26. The smallest absolute Gasteiger partial charge is 0.363 e. The van der Waals surface area contributed by atoms with Crippen molar-refractivity contribution in [2.24, 2.45) is 5.10 Å². The Morgan fingerprint density at radius 3 is 2.15 bits per heavy atom. The van der Waals surface area contributed by atoms with Gasteiger partial charge in [-0.3, -0.25) is 5.43 Å². The van der Waals surface area contributed by atoms with Gasteiger partial charge in [-0.05, 0) is 35.4 Å². The first-order chi connectivity index (χ1) is 11.9. The minimum Gasteiger partial charge on any atom is -0.507 e. The summed E-state index contributed by atoms with van der Waals surface area (Å²) in [6.45, 7) is 14.1. The molecular weight excluding hydrogens is 330 g/mol. The maximum atomic E-state index is 11.3. The second kappa shape index (κ2) is 6.90. The fourth-order valence-corrected chi connectivity index (χ4v) is 2.54. The van der Waals surface area contributed by atoms with Gasteiger partial charge in [0.25, 0.3) is 0 Å². The predicted molar refractivity (Wildman–Crippen MR) is 104 cm³/mol. The number of aromatic hydroxyl groups is 1. The number of hydrogen-bond acceptors (Lipinski definition) is 6. The molecule has 3 N–H and O–H groups in total. The highest BCUT2D eigenvalue weighted by Crippen LogP contribution is 2.39. The molecule has 1 heterocycles. The molecule has 0 spiro atoms. The van der Waals surface area contributed by atoms with Crippen molar-refractivity contribution in [3.8, 4) is 5.75 Å². The Morgan fingerprint density at radius 1 is 1.12 bits per heavy atom. The topological polar surface area (TPSA) is 103 Å². The van der Waals surface area contributed by atoms with E-state index in [-0.39, 0.29) is 10.8 Å². The summed E-state index contributed by atoms with van der Waals surface area (Å²) >= 11 is 0. The van der Waals surface area contributed by atoms with Crippen LogP contribution in [0.15, 0.2) is 22.0 Å². The lowest BCUT2D eigenvalue weighted by atomic mass is 9.78. The number of nitrogens with one attached hydrogen (secondary N) is 2. The van der Waals surface area contributed by atoms with Crippen LogP contribution in [0.5, 0.6) is 5.75 Å². The number of nitrogens with zero attached hydrogens (tertiary/aromatic N) is 3. The Morgan fingerprint density at radius 2 is 1.65 bits per heavy atom. The first-order valence-electron chi connectivity index (χ1n) is 8.50. The van der Waals surface area contributed by atoms with Gasteiger partial charge in [-0.2, -0.15) is 15.2 Å². The van der Waals surface area contributed by atoms with Gasteiger partial charge in [-0.15, -0.1) is 0 Å². The van der Waals surface area contributed by atoms with Gasteiger partial charge in [0.1, 0.15) is 11.4 Å². The molecule has 0 saturated heterocycles. The standard InChI is InChI=1S/C19H27N5O2/c1-11-16(21-17(26)24-22-11)23-20-10-12-8-13(18(2,3)4)15(25)14(9-12)19(5,6)7/h8-10,25H,1-7H3,(H2,21,23,24,26)/b20-10+. The van der Waals surface area contributed by atoms with Crippen LogP contribution in [-0.4, -0.2) is 26.5 Å². The van der Waals surface area contributed by atoms with Crippen molar-refractivity contribution < 1.29 is 5.11 Å². The van der Waals surface area contributed by atoms with Gasteiger partial charge in [-0.25, -0.2) is 9.89 Å². The number of hydrogen-bond donors (Lipinski definition) is 3. The van der Waals surface area contributed by atoms with E-state index in [2.05, 4.69) is 67.3 Å². The van der Waals surface area contributed by atoms with Gasteiger partial charge < -0.3 is 5.11 Å². The number of anilines is 1. The average molecular weight is 357 g/mol. The largest absolute Gasteiger partial charge is 0.507 e. The monoisotopic (exact) mass is 357 g/mol. The molecule has 0 fully saturated rings. The molecule has 1 aromatic heterocycles. The van der Waals surface area contributed by atoms with Gasteiger partial charge >= 0.3 is 5.69 Å². The van der Waals surface area contributed by atoms with Crippen molar-refractivity contribution >= 4 is 12.0 Å². The Bertz CT molecular complexity index is 851. The zero-order valence-corrected chi connectivity index (χ0v) is 16.4. The number of phenolic OH excluding ortho intramolecular Hbond substituents is 1. The quantitative estimate of drug-likeness (QED) is 0.578.